The summed E-state index contributed by atoms with van der Waals surface area (Å²) in [5.74, 6) is -0.550. The molecule has 0 fully saturated rings. The van der Waals surface area contributed by atoms with Gasteiger partial charge in [-0.15, -0.1) is 0 Å². The summed E-state index contributed by atoms with van der Waals surface area (Å²) in [5.41, 5.74) is 5.54. The van der Waals surface area contributed by atoms with Crippen LogP contribution < -0.4 is 10.5 Å². The third-order valence-corrected chi connectivity index (χ3v) is 3.98. The predicted molar refractivity (Wildman–Crippen MR) is 77.3 cm³/mol. The van der Waals surface area contributed by atoms with Gasteiger partial charge in [0.25, 0.3) is 10.0 Å². The number of benzene rings is 1. The van der Waals surface area contributed by atoms with Crippen LogP contribution in [0.2, 0.25) is 0 Å². The molecule has 3 N–H and O–H groups in total. The van der Waals surface area contributed by atoms with Crippen molar-refractivity contribution in [2.75, 3.05) is 4.72 Å². The van der Waals surface area contributed by atoms with Crippen molar-refractivity contribution < 1.29 is 12.8 Å². The molecule has 0 spiro atoms. The second kappa shape index (κ2) is 5.51. The van der Waals surface area contributed by atoms with Gasteiger partial charge in [-0.2, -0.15) is 0 Å². The second-order valence-electron chi connectivity index (χ2n) is 3.83. The molecule has 1 heterocycles. The van der Waals surface area contributed by atoms with Gasteiger partial charge in [-0.3, -0.25) is 9.71 Å². The molecular formula is C12H10FN3O2S2. The van der Waals surface area contributed by atoms with Crippen molar-refractivity contribution in [2.45, 2.75) is 4.90 Å². The Morgan fingerprint density at radius 3 is 2.70 bits per heavy atom. The van der Waals surface area contributed by atoms with E-state index in [1.807, 2.05) is 0 Å². The van der Waals surface area contributed by atoms with E-state index in [9.17, 15) is 12.8 Å². The summed E-state index contributed by atoms with van der Waals surface area (Å²) in [6.07, 6.45) is 1.38. The lowest BCUT2D eigenvalue weighted by atomic mass is 10.3. The molecule has 2 aromatic rings. The minimum Gasteiger partial charge on any atom is -0.388 e. The van der Waals surface area contributed by atoms with Crippen molar-refractivity contribution in [2.24, 2.45) is 5.73 Å². The van der Waals surface area contributed by atoms with Crippen molar-refractivity contribution in [1.82, 2.24) is 4.98 Å². The molecule has 0 unspecified atom stereocenters. The number of anilines is 1. The van der Waals surface area contributed by atoms with Crippen LogP contribution >= 0.6 is 12.2 Å². The van der Waals surface area contributed by atoms with E-state index in [1.165, 1.54) is 36.5 Å². The van der Waals surface area contributed by atoms with Gasteiger partial charge in [0, 0.05) is 6.20 Å². The van der Waals surface area contributed by atoms with Crippen LogP contribution in [0.25, 0.3) is 0 Å². The van der Waals surface area contributed by atoms with Gasteiger partial charge in [0.05, 0.1) is 5.69 Å². The van der Waals surface area contributed by atoms with Gasteiger partial charge < -0.3 is 5.73 Å². The van der Waals surface area contributed by atoms with E-state index in [4.69, 9.17) is 18.0 Å². The number of nitrogens with two attached hydrogens (primary N) is 1. The molecule has 0 saturated carbocycles. The Balaban J connectivity index is 2.44. The van der Waals surface area contributed by atoms with Crippen molar-refractivity contribution >= 4 is 32.9 Å². The van der Waals surface area contributed by atoms with E-state index >= 15 is 0 Å². The maximum absolute atomic E-state index is 13.1. The highest BCUT2D eigenvalue weighted by molar-refractivity contribution is 7.93. The Labute approximate surface area is 120 Å². The van der Waals surface area contributed by atoms with Gasteiger partial charge in [0.2, 0.25) is 0 Å². The van der Waals surface area contributed by atoms with Crippen LogP contribution in [0.1, 0.15) is 5.69 Å². The molecule has 20 heavy (non-hydrogen) atoms. The summed E-state index contributed by atoms with van der Waals surface area (Å²) in [5, 5.41) is 0. The van der Waals surface area contributed by atoms with E-state index < -0.39 is 15.8 Å². The molecule has 1 aromatic carbocycles. The van der Waals surface area contributed by atoms with Gasteiger partial charge in [-0.25, -0.2) is 12.8 Å². The Morgan fingerprint density at radius 1 is 1.30 bits per heavy atom. The Morgan fingerprint density at radius 2 is 2.05 bits per heavy atom. The molecule has 0 aliphatic rings. The molecular weight excluding hydrogens is 301 g/mol. The van der Waals surface area contributed by atoms with E-state index in [1.54, 1.807) is 0 Å². The Bertz CT molecular complexity index is 763. The summed E-state index contributed by atoms with van der Waals surface area (Å²) >= 11 is 4.77. The quantitative estimate of drug-likeness (QED) is 0.839. The van der Waals surface area contributed by atoms with E-state index in [0.29, 0.717) is 0 Å². The maximum atomic E-state index is 13.1. The lowest BCUT2D eigenvalue weighted by molar-refractivity contribution is 0.600. The fraction of sp³-hybridized carbons (Fsp3) is 0. The number of thiocarbonyl (C=S) groups is 1. The first-order valence-corrected chi connectivity index (χ1v) is 7.32. The van der Waals surface area contributed by atoms with E-state index in [-0.39, 0.29) is 21.3 Å². The van der Waals surface area contributed by atoms with Gasteiger partial charge in [-0.1, -0.05) is 18.3 Å². The molecule has 5 nitrogen and oxygen atoms in total. The lowest BCUT2D eigenvalue weighted by Gasteiger charge is -2.10. The van der Waals surface area contributed by atoms with Crippen LogP contribution in [-0.4, -0.2) is 18.4 Å². The number of hydrogen-bond donors (Lipinski definition) is 2. The van der Waals surface area contributed by atoms with Crippen LogP contribution in [0.4, 0.5) is 10.1 Å². The standard InChI is InChI=1S/C12H10FN3O2S2/c13-8-3-1-4-9(7-8)16-20(17,18)10-5-2-6-15-11(10)12(14)19/h1-7,16H,(H2,14,19). The second-order valence-corrected chi connectivity index (χ2v) is 5.92. The number of aromatic nitrogens is 1. The normalized spacial score (nSPS) is 11.1. The van der Waals surface area contributed by atoms with Gasteiger partial charge in [0.1, 0.15) is 21.4 Å². The highest BCUT2D eigenvalue weighted by Crippen LogP contribution is 2.18. The third-order valence-electron chi connectivity index (χ3n) is 2.37. The number of nitrogens with one attached hydrogen (secondary N) is 1. The number of nitrogens with zero attached hydrogens (tertiary/aromatic N) is 1. The molecule has 0 radical (unpaired) electrons. The molecule has 8 heteroatoms. The average Bonchev–Trinajstić information content (AvgIpc) is 2.38. The molecule has 2 rings (SSSR count). The van der Waals surface area contributed by atoms with Crippen LogP contribution in [0, 0.1) is 5.82 Å². The fourth-order valence-electron chi connectivity index (χ4n) is 1.55. The highest BCUT2D eigenvalue weighted by Gasteiger charge is 2.20. The summed E-state index contributed by atoms with van der Waals surface area (Å²) in [4.78, 5) is 3.55. The maximum Gasteiger partial charge on any atom is 0.264 e. The van der Waals surface area contributed by atoms with E-state index in [0.717, 1.165) is 6.07 Å². The minimum atomic E-state index is -3.95. The summed E-state index contributed by atoms with van der Waals surface area (Å²) in [6, 6.07) is 7.87. The van der Waals surface area contributed by atoms with Crippen LogP contribution in [0.5, 0.6) is 0 Å². The van der Waals surface area contributed by atoms with Gasteiger partial charge in [-0.05, 0) is 30.3 Å². The number of rotatable bonds is 4. The minimum absolute atomic E-state index is 0.00796. The van der Waals surface area contributed by atoms with Gasteiger partial charge >= 0.3 is 0 Å². The Kier molecular flexibility index (Phi) is 3.96. The number of halogens is 1. The molecule has 1 aromatic heterocycles. The van der Waals surface area contributed by atoms with Crippen LogP contribution in [0.15, 0.2) is 47.5 Å². The van der Waals surface area contributed by atoms with Crippen molar-refractivity contribution in [3.63, 3.8) is 0 Å². The molecule has 104 valence electrons. The van der Waals surface area contributed by atoms with E-state index in [2.05, 4.69) is 9.71 Å². The number of pyridine rings is 1. The molecule has 0 aliphatic carbocycles. The van der Waals surface area contributed by atoms with Crippen molar-refractivity contribution in [3.05, 3.63) is 54.1 Å². The Hall–Kier alpha value is -2.06. The lowest BCUT2D eigenvalue weighted by Crippen LogP contribution is -2.21. The third kappa shape index (κ3) is 3.09. The summed E-state index contributed by atoms with van der Waals surface area (Å²) < 4.78 is 39.8. The van der Waals surface area contributed by atoms with Crippen LogP contribution in [-0.2, 0) is 10.0 Å². The molecule has 0 atom stereocenters. The molecule has 0 aliphatic heterocycles. The summed E-state index contributed by atoms with van der Waals surface area (Å²) in [7, 11) is -3.95. The van der Waals surface area contributed by atoms with Gasteiger partial charge in [0.15, 0.2) is 0 Å². The first-order chi connectivity index (χ1) is 9.40. The first-order valence-electron chi connectivity index (χ1n) is 5.43. The number of sulfonamides is 1. The van der Waals surface area contributed by atoms with Crippen molar-refractivity contribution in [3.8, 4) is 0 Å². The zero-order chi connectivity index (χ0) is 14.8. The largest absolute Gasteiger partial charge is 0.388 e. The summed E-state index contributed by atoms with van der Waals surface area (Å²) in [6.45, 7) is 0. The zero-order valence-electron chi connectivity index (χ0n) is 10.1. The SMILES string of the molecule is NC(=S)c1ncccc1S(=O)(=O)Nc1cccc(F)c1. The first kappa shape index (κ1) is 14.4. The highest BCUT2D eigenvalue weighted by atomic mass is 32.2. The zero-order valence-corrected chi connectivity index (χ0v) is 11.7. The van der Waals surface area contributed by atoms with Crippen LogP contribution in [0.3, 0.4) is 0 Å². The van der Waals surface area contributed by atoms with Crippen molar-refractivity contribution in [1.29, 1.82) is 0 Å². The monoisotopic (exact) mass is 311 g/mol. The predicted octanol–water partition coefficient (Wildman–Crippen LogP) is 1.66. The molecule has 0 bridgehead atoms. The average molecular weight is 311 g/mol. The fourth-order valence-corrected chi connectivity index (χ4v) is 3.00. The molecule has 0 saturated heterocycles. The topological polar surface area (TPSA) is 85.1 Å². The molecule has 0 amide bonds. The number of hydrogen-bond acceptors (Lipinski definition) is 4. The smallest absolute Gasteiger partial charge is 0.264 e.